The molecule has 1 aromatic rings. The third-order valence-electron chi connectivity index (χ3n) is 1.71. The summed E-state index contributed by atoms with van der Waals surface area (Å²) in [4.78, 5) is 4.31. The van der Waals surface area contributed by atoms with Crippen LogP contribution in [0.1, 0.15) is 20.3 Å². The molecule has 0 saturated carbocycles. The van der Waals surface area contributed by atoms with Crippen molar-refractivity contribution in [2.24, 2.45) is 4.99 Å². The zero-order valence-electron chi connectivity index (χ0n) is 8.76. The van der Waals surface area contributed by atoms with Crippen LogP contribution in [0.15, 0.2) is 23.2 Å². The summed E-state index contributed by atoms with van der Waals surface area (Å²) in [6.07, 6.45) is 0.748. The van der Waals surface area contributed by atoms with Gasteiger partial charge in [-0.25, -0.2) is 4.99 Å². The van der Waals surface area contributed by atoms with E-state index in [1.165, 1.54) is 0 Å². The lowest BCUT2D eigenvalue weighted by atomic mass is 10.3. The van der Waals surface area contributed by atoms with Crippen LogP contribution in [0.25, 0.3) is 0 Å². The fourth-order valence-corrected chi connectivity index (χ4v) is 1.64. The monoisotopic (exact) mass is 245 g/mol. The first-order valence-electron chi connectivity index (χ1n) is 4.82. The highest BCUT2D eigenvalue weighted by molar-refractivity contribution is 6.35. The second-order valence-electron chi connectivity index (χ2n) is 2.92. The summed E-state index contributed by atoms with van der Waals surface area (Å²) in [6.45, 7) is 4.53. The van der Waals surface area contributed by atoms with Crippen LogP contribution < -0.4 is 0 Å². The van der Waals surface area contributed by atoms with Crippen molar-refractivity contribution in [1.82, 2.24) is 0 Å². The van der Waals surface area contributed by atoms with E-state index in [0.717, 1.165) is 12.1 Å². The number of ether oxygens (including phenoxy) is 1. The topological polar surface area (TPSA) is 21.6 Å². The van der Waals surface area contributed by atoms with Gasteiger partial charge in [0.25, 0.3) is 0 Å². The Balaban J connectivity index is 2.94. The highest BCUT2D eigenvalue weighted by Crippen LogP contribution is 2.24. The van der Waals surface area contributed by atoms with Crippen LogP contribution in [-0.4, -0.2) is 12.5 Å². The minimum absolute atomic E-state index is 0.577. The van der Waals surface area contributed by atoms with Crippen molar-refractivity contribution >= 4 is 34.8 Å². The van der Waals surface area contributed by atoms with E-state index in [0.29, 0.717) is 22.5 Å². The molecule has 0 amide bonds. The van der Waals surface area contributed by atoms with Gasteiger partial charge in [0, 0.05) is 16.5 Å². The zero-order valence-corrected chi connectivity index (χ0v) is 10.3. The van der Waals surface area contributed by atoms with Crippen molar-refractivity contribution in [3.63, 3.8) is 0 Å². The molecule has 2 nitrogen and oxygen atoms in total. The van der Waals surface area contributed by atoms with Crippen molar-refractivity contribution in [1.29, 1.82) is 0 Å². The quantitative estimate of drug-likeness (QED) is 0.569. The molecule has 0 radical (unpaired) electrons. The van der Waals surface area contributed by atoms with Gasteiger partial charge in [0.15, 0.2) is 5.90 Å². The molecule has 0 fully saturated rings. The Morgan fingerprint density at radius 2 is 1.80 bits per heavy atom. The molecule has 82 valence electrons. The summed E-state index contributed by atoms with van der Waals surface area (Å²) in [5.74, 6) is 0.691. The van der Waals surface area contributed by atoms with Gasteiger partial charge in [-0.3, -0.25) is 0 Å². The number of hydrogen-bond donors (Lipinski definition) is 0. The molecule has 1 rings (SSSR count). The van der Waals surface area contributed by atoms with E-state index < -0.39 is 0 Å². The van der Waals surface area contributed by atoms with Crippen LogP contribution in [-0.2, 0) is 4.74 Å². The smallest absolute Gasteiger partial charge is 0.188 e. The first-order chi connectivity index (χ1) is 7.15. The normalized spacial score (nSPS) is 11.6. The van der Waals surface area contributed by atoms with Crippen LogP contribution in [0.5, 0.6) is 0 Å². The summed E-state index contributed by atoms with van der Waals surface area (Å²) in [5, 5.41) is 1.15. The van der Waals surface area contributed by atoms with E-state index >= 15 is 0 Å². The van der Waals surface area contributed by atoms with Gasteiger partial charge >= 0.3 is 0 Å². The van der Waals surface area contributed by atoms with Crippen LogP contribution >= 0.6 is 23.2 Å². The average molecular weight is 246 g/mol. The average Bonchev–Trinajstić information content (AvgIpc) is 2.15. The lowest BCUT2D eigenvalue weighted by molar-refractivity contribution is 0.319. The Labute approximate surface area is 99.9 Å². The maximum Gasteiger partial charge on any atom is 0.188 e. The van der Waals surface area contributed by atoms with Gasteiger partial charge in [-0.15, -0.1) is 0 Å². The van der Waals surface area contributed by atoms with Crippen molar-refractivity contribution in [2.75, 3.05) is 6.61 Å². The van der Waals surface area contributed by atoms with Crippen LogP contribution in [0.4, 0.5) is 5.69 Å². The number of halogens is 2. The molecule has 0 atom stereocenters. The Bertz CT molecular complexity index is 343. The minimum Gasteiger partial charge on any atom is -0.481 e. The highest BCUT2D eigenvalue weighted by Gasteiger charge is 2.00. The van der Waals surface area contributed by atoms with Gasteiger partial charge in [-0.2, -0.15) is 0 Å². The van der Waals surface area contributed by atoms with Crippen molar-refractivity contribution in [3.05, 3.63) is 28.2 Å². The molecule has 0 spiro atoms. The van der Waals surface area contributed by atoms with Gasteiger partial charge < -0.3 is 4.74 Å². The molecule has 0 aromatic heterocycles. The fraction of sp³-hybridized carbons (Fsp3) is 0.364. The SMILES string of the molecule is CCO/C(CC)=N\c1cc(Cl)cc(Cl)c1. The van der Waals surface area contributed by atoms with E-state index in [1.54, 1.807) is 18.2 Å². The molecule has 0 aliphatic rings. The molecule has 0 bridgehead atoms. The van der Waals surface area contributed by atoms with E-state index in [2.05, 4.69) is 4.99 Å². The Morgan fingerprint density at radius 1 is 1.20 bits per heavy atom. The summed E-state index contributed by atoms with van der Waals surface area (Å²) in [7, 11) is 0. The van der Waals surface area contributed by atoms with Crippen molar-refractivity contribution < 1.29 is 4.74 Å². The van der Waals surface area contributed by atoms with Crippen LogP contribution in [0.3, 0.4) is 0 Å². The summed E-state index contributed by atoms with van der Waals surface area (Å²) in [6, 6.07) is 5.18. The Kier molecular flexibility index (Phi) is 4.92. The predicted molar refractivity (Wildman–Crippen MR) is 65.5 cm³/mol. The molecule has 0 aliphatic heterocycles. The Hall–Kier alpha value is -0.730. The molecule has 1 aromatic carbocycles. The molecule has 0 aliphatic carbocycles. The third kappa shape index (κ3) is 4.10. The van der Waals surface area contributed by atoms with E-state index in [9.17, 15) is 0 Å². The molecule has 0 heterocycles. The van der Waals surface area contributed by atoms with Crippen LogP contribution in [0, 0.1) is 0 Å². The maximum atomic E-state index is 5.86. The molecular formula is C11H13Cl2NO. The lowest BCUT2D eigenvalue weighted by Gasteiger charge is -2.04. The molecule has 0 unspecified atom stereocenters. The molecule has 15 heavy (non-hydrogen) atoms. The molecule has 4 heteroatoms. The van der Waals surface area contributed by atoms with E-state index in [-0.39, 0.29) is 0 Å². The van der Waals surface area contributed by atoms with Crippen LogP contribution in [0.2, 0.25) is 10.0 Å². The lowest BCUT2D eigenvalue weighted by Crippen LogP contribution is -2.01. The summed E-state index contributed by atoms with van der Waals surface area (Å²) < 4.78 is 5.34. The fourth-order valence-electron chi connectivity index (χ4n) is 1.13. The van der Waals surface area contributed by atoms with E-state index in [4.69, 9.17) is 27.9 Å². The second kappa shape index (κ2) is 5.99. The highest BCUT2D eigenvalue weighted by atomic mass is 35.5. The number of benzene rings is 1. The second-order valence-corrected chi connectivity index (χ2v) is 3.79. The van der Waals surface area contributed by atoms with Crippen molar-refractivity contribution in [2.45, 2.75) is 20.3 Å². The summed E-state index contributed by atoms with van der Waals surface area (Å²) >= 11 is 11.7. The van der Waals surface area contributed by atoms with Crippen molar-refractivity contribution in [3.8, 4) is 0 Å². The van der Waals surface area contributed by atoms with E-state index in [1.807, 2.05) is 13.8 Å². The third-order valence-corrected chi connectivity index (χ3v) is 2.15. The first-order valence-corrected chi connectivity index (χ1v) is 5.57. The minimum atomic E-state index is 0.577. The van der Waals surface area contributed by atoms with Gasteiger partial charge in [0.1, 0.15) is 0 Å². The van der Waals surface area contributed by atoms with Gasteiger partial charge in [0.2, 0.25) is 0 Å². The largest absolute Gasteiger partial charge is 0.481 e. The first kappa shape index (κ1) is 12.3. The molecular weight excluding hydrogens is 233 g/mol. The number of rotatable bonds is 3. The number of nitrogens with zero attached hydrogens (tertiary/aromatic N) is 1. The number of aliphatic imine (C=N–C) groups is 1. The Morgan fingerprint density at radius 3 is 2.27 bits per heavy atom. The maximum absolute atomic E-state index is 5.86. The number of hydrogen-bond acceptors (Lipinski definition) is 2. The van der Waals surface area contributed by atoms with Gasteiger partial charge in [-0.05, 0) is 25.1 Å². The predicted octanol–water partition coefficient (Wildman–Crippen LogP) is 4.47. The van der Waals surface area contributed by atoms with Gasteiger partial charge in [0.05, 0.1) is 12.3 Å². The molecule has 0 N–H and O–H groups in total. The molecule has 0 saturated heterocycles. The van der Waals surface area contributed by atoms with Gasteiger partial charge in [-0.1, -0.05) is 30.1 Å². The zero-order chi connectivity index (χ0) is 11.3. The standard InChI is InChI=1S/C11H13Cl2NO/c1-3-11(15-4-2)14-10-6-8(12)5-9(13)7-10/h5-7H,3-4H2,1-2H3/b14-11-. The summed E-state index contributed by atoms with van der Waals surface area (Å²) in [5.41, 5.74) is 0.720.